The van der Waals surface area contributed by atoms with E-state index in [9.17, 15) is 9.90 Å². The molecule has 3 N–H and O–H groups in total. The lowest BCUT2D eigenvalue weighted by Crippen LogP contribution is -2.46. The van der Waals surface area contributed by atoms with Gasteiger partial charge in [0.1, 0.15) is 0 Å². The van der Waals surface area contributed by atoms with Crippen molar-refractivity contribution < 1.29 is 9.90 Å². The Labute approximate surface area is 125 Å². The van der Waals surface area contributed by atoms with E-state index in [2.05, 4.69) is 22.8 Å². The monoisotopic (exact) mass is 296 g/mol. The van der Waals surface area contributed by atoms with Gasteiger partial charge in [0.05, 0.1) is 5.60 Å². The van der Waals surface area contributed by atoms with Crippen molar-refractivity contribution in [2.75, 3.05) is 25.1 Å². The maximum Gasteiger partial charge on any atom is 0.314 e. The standard InChI is InChI=1S/C15H24N2O2S/c1-15(19,12-20-2)11-17-14(18)16-10-6-9-13-7-4-3-5-8-13/h3-5,7-8,19H,6,9-12H2,1-2H3,(H2,16,17,18). The number of rotatable bonds is 8. The lowest BCUT2D eigenvalue weighted by atomic mass is 10.1. The van der Waals surface area contributed by atoms with Crippen molar-refractivity contribution in [3.8, 4) is 0 Å². The molecule has 20 heavy (non-hydrogen) atoms. The largest absolute Gasteiger partial charge is 0.387 e. The van der Waals surface area contributed by atoms with Gasteiger partial charge in [0.2, 0.25) is 0 Å². The van der Waals surface area contributed by atoms with Crippen molar-refractivity contribution in [2.24, 2.45) is 0 Å². The molecule has 0 aliphatic heterocycles. The maximum atomic E-state index is 11.6. The summed E-state index contributed by atoms with van der Waals surface area (Å²) in [4.78, 5) is 11.6. The Hall–Kier alpha value is -1.20. The van der Waals surface area contributed by atoms with E-state index in [4.69, 9.17) is 0 Å². The lowest BCUT2D eigenvalue weighted by Gasteiger charge is -2.22. The summed E-state index contributed by atoms with van der Waals surface area (Å²) in [7, 11) is 0. The molecule has 0 aliphatic carbocycles. The number of aliphatic hydroxyl groups is 1. The van der Waals surface area contributed by atoms with E-state index >= 15 is 0 Å². The third-order valence-electron chi connectivity index (χ3n) is 2.86. The Morgan fingerprint density at radius 2 is 2.00 bits per heavy atom. The van der Waals surface area contributed by atoms with Crippen LogP contribution in [0.1, 0.15) is 18.9 Å². The molecule has 0 saturated carbocycles. The Morgan fingerprint density at radius 3 is 2.65 bits per heavy atom. The SMILES string of the molecule is CSCC(C)(O)CNC(=O)NCCCc1ccccc1. The van der Waals surface area contributed by atoms with Crippen molar-refractivity contribution in [1.82, 2.24) is 10.6 Å². The molecular weight excluding hydrogens is 272 g/mol. The number of carbonyl (C=O) groups excluding carboxylic acids is 1. The molecule has 0 fully saturated rings. The van der Waals surface area contributed by atoms with Crippen molar-refractivity contribution in [3.63, 3.8) is 0 Å². The molecule has 0 spiro atoms. The molecule has 0 radical (unpaired) electrons. The molecule has 0 aliphatic rings. The van der Waals surface area contributed by atoms with Gasteiger partial charge in [0.25, 0.3) is 0 Å². The molecule has 112 valence electrons. The highest BCUT2D eigenvalue weighted by atomic mass is 32.2. The first kappa shape index (κ1) is 16.9. The lowest BCUT2D eigenvalue weighted by molar-refractivity contribution is 0.0869. The molecule has 1 aromatic rings. The Bertz CT molecular complexity index is 396. The molecule has 0 saturated heterocycles. The van der Waals surface area contributed by atoms with E-state index in [0.717, 1.165) is 12.8 Å². The summed E-state index contributed by atoms with van der Waals surface area (Å²) >= 11 is 1.56. The topological polar surface area (TPSA) is 61.4 Å². The summed E-state index contributed by atoms with van der Waals surface area (Å²) in [6, 6.07) is 9.97. The Morgan fingerprint density at radius 1 is 1.30 bits per heavy atom. The van der Waals surface area contributed by atoms with Gasteiger partial charge in [-0.3, -0.25) is 0 Å². The fourth-order valence-corrected chi connectivity index (χ4v) is 2.56. The number of nitrogens with one attached hydrogen (secondary N) is 2. The van der Waals surface area contributed by atoms with Gasteiger partial charge in [0, 0.05) is 18.8 Å². The Kier molecular flexibility index (Phi) is 7.47. The van der Waals surface area contributed by atoms with Crippen LogP contribution in [0.25, 0.3) is 0 Å². The molecule has 5 heteroatoms. The molecule has 0 aromatic heterocycles. The predicted molar refractivity (Wildman–Crippen MR) is 85.2 cm³/mol. The van der Waals surface area contributed by atoms with Crippen LogP contribution in [0.15, 0.2) is 30.3 Å². The average Bonchev–Trinajstić information content (AvgIpc) is 2.43. The van der Waals surface area contributed by atoms with E-state index in [-0.39, 0.29) is 12.6 Å². The van der Waals surface area contributed by atoms with Gasteiger partial charge in [-0.25, -0.2) is 4.79 Å². The smallest absolute Gasteiger partial charge is 0.314 e. The average molecular weight is 296 g/mol. The third kappa shape index (κ3) is 7.40. The number of amides is 2. The molecular formula is C15H24N2O2S. The summed E-state index contributed by atoms with van der Waals surface area (Å²) in [5.41, 5.74) is 0.415. The first-order chi connectivity index (χ1) is 9.53. The number of carbonyl (C=O) groups is 1. The second kappa shape index (κ2) is 8.87. The summed E-state index contributed by atoms with van der Waals surface area (Å²) in [5.74, 6) is 0.598. The first-order valence-corrected chi connectivity index (χ1v) is 8.20. The van der Waals surface area contributed by atoms with Crippen LogP contribution in [-0.4, -0.2) is 41.8 Å². The third-order valence-corrected chi connectivity index (χ3v) is 3.77. The molecule has 1 atom stereocenters. The summed E-state index contributed by atoms with van der Waals surface area (Å²) < 4.78 is 0. The number of thioether (sulfide) groups is 1. The van der Waals surface area contributed by atoms with Gasteiger partial charge in [-0.05, 0) is 31.6 Å². The summed E-state index contributed by atoms with van der Waals surface area (Å²) in [5, 5.41) is 15.4. The van der Waals surface area contributed by atoms with Gasteiger partial charge in [0.15, 0.2) is 0 Å². The number of benzene rings is 1. The van der Waals surface area contributed by atoms with Crippen LogP contribution >= 0.6 is 11.8 Å². The first-order valence-electron chi connectivity index (χ1n) is 6.80. The van der Waals surface area contributed by atoms with Crippen LogP contribution in [0.4, 0.5) is 4.79 Å². The summed E-state index contributed by atoms with van der Waals surface area (Å²) in [6.07, 6.45) is 3.78. The highest BCUT2D eigenvalue weighted by Gasteiger charge is 2.20. The fraction of sp³-hybridized carbons (Fsp3) is 0.533. The molecule has 0 bridgehead atoms. The zero-order chi connectivity index (χ0) is 14.8. The maximum absolute atomic E-state index is 11.6. The Balaban J connectivity index is 2.11. The zero-order valence-electron chi connectivity index (χ0n) is 12.2. The van der Waals surface area contributed by atoms with Crippen LogP contribution in [0, 0.1) is 0 Å². The van der Waals surface area contributed by atoms with Gasteiger partial charge < -0.3 is 15.7 Å². The van der Waals surface area contributed by atoms with Crippen molar-refractivity contribution in [2.45, 2.75) is 25.4 Å². The van der Waals surface area contributed by atoms with E-state index < -0.39 is 5.60 Å². The van der Waals surface area contributed by atoms with Gasteiger partial charge >= 0.3 is 6.03 Å². The molecule has 0 heterocycles. The molecule has 1 aromatic carbocycles. The van der Waals surface area contributed by atoms with E-state index in [0.29, 0.717) is 12.3 Å². The van der Waals surface area contributed by atoms with Crippen LogP contribution in [0.2, 0.25) is 0 Å². The highest BCUT2D eigenvalue weighted by Crippen LogP contribution is 2.08. The normalized spacial score (nSPS) is 13.6. The zero-order valence-corrected chi connectivity index (χ0v) is 13.0. The molecule has 1 rings (SSSR count). The van der Waals surface area contributed by atoms with Crippen molar-refractivity contribution in [1.29, 1.82) is 0 Å². The molecule has 1 unspecified atom stereocenters. The van der Waals surface area contributed by atoms with E-state index in [1.807, 2.05) is 24.5 Å². The van der Waals surface area contributed by atoms with Crippen LogP contribution in [0.5, 0.6) is 0 Å². The molecule has 4 nitrogen and oxygen atoms in total. The minimum Gasteiger partial charge on any atom is -0.387 e. The van der Waals surface area contributed by atoms with Crippen molar-refractivity contribution in [3.05, 3.63) is 35.9 Å². The second-order valence-electron chi connectivity index (χ2n) is 5.13. The minimum atomic E-state index is -0.860. The predicted octanol–water partition coefficient (Wildman–Crippen LogP) is 2.03. The number of hydrogen-bond acceptors (Lipinski definition) is 3. The second-order valence-corrected chi connectivity index (χ2v) is 5.99. The highest BCUT2D eigenvalue weighted by molar-refractivity contribution is 7.98. The van der Waals surface area contributed by atoms with E-state index in [1.165, 1.54) is 5.56 Å². The van der Waals surface area contributed by atoms with Crippen LogP contribution in [-0.2, 0) is 6.42 Å². The van der Waals surface area contributed by atoms with Gasteiger partial charge in [-0.15, -0.1) is 0 Å². The number of urea groups is 1. The van der Waals surface area contributed by atoms with E-state index in [1.54, 1.807) is 18.7 Å². The van der Waals surface area contributed by atoms with Crippen LogP contribution < -0.4 is 10.6 Å². The minimum absolute atomic E-state index is 0.223. The quantitative estimate of drug-likeness (QED) is 0.643. The van der Waals surface area contributed by atoms with Gasteiger partial charge in [-0.1, -0.05) is 30.3 Å². The fourth-order valence-electron chi connectivity index (χ4n) is 1.83. The molecule has 2 amide bonds. The number of hydrogen-bond donors (Lipinski definition) is 3. The number of aryl methyl sites for hydroxylation is 1. The van der Waals surface area contributed by atoms with Gasteiger partial charge in [-0.2, -0.15) is 11.8 Å². The van der Waals surface area contributed by atoms with Crippen LogP contribution in [0.3, 0.4) is 0 Å². The van der Waals surface area contributed by atoms with Crippen molar-refractivity contribution >= 4 is 17.8 Å². The summed E-state index contributed by atoms with van der Waals surface area (Å²) in [6.45, 7) is 2.61.